The summed E-state index contributed by atoms with van der Waals surface area (Å²) in [5.41, 5.74) is 0. The van der Waals surface area contributed by atoms with Gasteiger partial charge in [0.1, 0.15) is 0 Å². The fraction of sp³-hybridized carbons (Fsp3) is 0.923. The molecule has 0 aromatic heterocycles. The van der Waals surface area contributed by atoms with Gasteiger partial charge in [-0.2, -0.15) is 0 Å². The molecule has 17 heavy (non-hydrogen) atoms. The van der Waals surface area contributed by atoms with Gasteiger partial charge in [-0.25, -0.2) is 0 Å². The molecular formula is C13H24N2O2. The maximum Gasteiger partial charge on any atom is 0.222 e. The van der Waals surface area contributed by atoms with Gasteiger partial charge in [-0.3, -0.25) is 4.79 Å². The quantitative estimate of drug-likeness (QED) is 0.797. The lowest BCUT2D eigenvalue weighted by molar-refractivity contribution is -0.136. The minimum atomic E-state index is 0.309. The summed E-state index contributed by atoms with van der Waals surface area (Å²) in [5, 5.41) is 3.21. The highest BCUT2D eigenvalue weighted by molar-refractivity contribution is 5.76. The third kappa shape index (κ3) is 3.68. The maximum absolute atomic E-state index is 11.9. The zero-order chi connectivity index (χ0) is 12.3. The van der Waals surface area contributed by atoms with Crippen molar-refractivity contribution in [2.75, 3.05) is 26.2 Å². The van der Waals surface area contributed by atoms with Gasteiger partial charge in [-0.05, 0) is 18.8 Å². The molecule has 2 fully saturated rings. The molecule has 0 atom stereocenters. The SMILES string of the molecule is CC(C)CC(=O)N1CCC(OC2CNC2)CC1. The summed E-state index contributed by atoms with van der Waals surface area (Å²) in [4.78, 5) is 13.9. The van der Waals surface area contributed by atoms with E-state index in [2.05, 4.69) is 19.2 Å². The number of carbonyl (C=O) groups is 1. The fourth-order valence-corrected chi connectivity index (χ4v) is 2.35. The molecule has 0 spiro atoms. The topological polar surface area (TPSA) is 41.6 Å². The Morgan fingerprint density at radius 2 is 1.94 bits per heavy atom. The van der Waals surface area contributed by atoms with Crippen molar-refractivity contribution in [3.63, 3.8) is 0 Å². The highest BCUT2D eigenvalue weighted by atomic mass is 16.5. The van der Waals surface area contributed by atoms with Crippen molar-refractivity contribution < 1.29 is 9.53 Å². The van der Waals surface area contributed by atoms with Crippen molar-refractivity contribution in [1.82, 2.24) is 10.2 Å². The molecule has 2 aliphatic rings. The zero-order valence-corrected chi connectivity index (χ0v) is 10.9. The predicted molar refractivity (Wildman–Crippen MR) is 66.8 cm³/mol. The van der Waals surface area contributed by atoms with Gasteiger partial charge in [0.05, 0.1) is 12.2 Å². The number of rotatable bonds is 4. The summed E-state index contributed by atoms with van der Waals surface area (Å²) < 4.78 is 5.94. The number of ether oxygens (including phenoxy) is 1. The summed E-state index contributed by atoms with van der Waals surface area (Å²) in [5.74, 6) is 0.765. The van der Waals surface area contributed by atoms with Crippen LogP contribution in [0.3, 0.4) is 0 Å². The van der Waals surface area contributed by atoms with E-state index in [1.807, 2.05) is 4.90 Å². The van der Waals surface area contributed by atoms with Crippen molar-refractivity contribution in [1.29, 1.82) is 0 Å². The molecule has 0 aliphatic carbocycles. The zero-order valence-electron chi connectivity index (χ0n) is 10.9. The number of amides is 1. The van der Waals surface area contributed by atoms with Crippen LogP contribution < -0.4 is 5.32 Å². The van der Waals surface area contributed by atoms with Crippen molar-refractivity contribution >= 4 is 5.91 Å². The van der Waals surface area contributed by atoms with E-state index in [9.17, 15) is 4.79 Å². The van der Waals surface area contributed by atoms with E-state index in [4.69, 9.17) is 4.74 Å². The Morgan fingerprint density at radius 1 is 1.29 bits per heavy atom. The second-order valence-corrected chi connectivity index (χ2v) is 5.59. The normalized spacial score (nSPS) is 22.9. The van der Waals surface area contributed by atoms with E-state index in [0.29, 0.717) is 30.5 Å². The molecule has 2 saturated heterocycles. The van der Waals surface area contributed by atoms with Crippen molar-refractivity contribution in [2.24, 2.45) is 5.92 Å². The first-order valence-electron chi connectivity index (χ1n) is 6.79. The fourth-order valence-electron chi connectivity index (χ4n) is 2.35. The number of carbonyl (C=O) groups excluding carboxylic acids is 1. The Bertz CT molecular complexity index is 256. The van der Waals surface area contributed by atoms with E-state index < -0.39 is 0 Å². The molecular weight excluding hydrogens is 216 g/mol. The van der Waals surface area contributed by atoms with Gasteiger partial charge in [0.15, 0.2) is 0 Å². The van der Waals surface area contributed by atoms with E-state index >= 15 is 0 Å². The molecule has 0 unspecified atom stereocenters. The second kappa shape index (κ2) is 5.83. The molecule has 2 aliphatic heterocycles. The number of nitrogens with zero attached hydrogens (tertiary/aromatic N) is 1. The Balaban J connectivity index is 1.67. The van der Waals surface area contributed by atoms with Crippen LogP contribution in [0.5, 0.6) is 0 Å². The first-order chi connectivity index (χ1) is 8.15. The highest BCUT2D eigenvalue weighted by Gasteiger charge is 2.27. The Labute approximate surface area is 104 Å². The smallest absolute Gasteiger partial charge is 0.222 e. The van der Waals surface area contributed by atoms with Crippen LogP contribution in [0.2, 0.25) is 0 Å². The molecule has 0 saturated carbocycles. The monoisotopic (exact) mass is 240 g/mol. The highest BCUT2D eigenvalue weighted by Crippen LogP contribution is 2.18. The number of piperidine rings is 1. The third-order valence-corrected chi connectivity index (χ3v) is 3.51. The van der Waals surface area contributed by atoms with E-state index in [1.54, 1.807) is 0 Å². The molecule has 1 N–H and O–H groups in total. The standard InChI is InChI=1S/C13H24N2O2/c1-10(2)7-13(16)15-5-3-11(4-6-15)17-12-8-14-9-12/h10-12,14H,3-9H2,1-2H3. The lowest BCUT2D eigenvalue weighted by Crippen LogP contribution is -2.51. The minimum absolute atomic E-state index is 0.309. The van der Waals surface area contributed by atoms with Crippen LogP contribution in [0.1, 0.15) is 33.1 Å². The van der Waals surface area contributed by atoms with Gasteiger partial charge < -0.3 is 15.0 Å². The molecule has 0 aromatic carbocycles. The number of hydrogen-bond donors (Lipinski definition) is 1. The molecule has 4 nitrogen and oxygen atoms in total. The largest absolute Gasteiger partial charge is 0.372 e. The number of hydrogen-bond acceptors (Lipinski definition) is 3. The minimum Gasteiger partial charge on any atom is -0.372 e. The number of nitrogens with one attached hydrogen (secondary N) is 1. The first kappa shape index (κ1) is 12.8. The van der Waals surface area contributed by atoms with Gasteiger partial charge in [-0.1, -0.05) is 13.8 Å². The van der Waals surface area contributed by atoms with Crippen LogP contribution in [0, 0.1) is 5.92 Å². The molecule has 2 rings (SSSR count). The van der Waals surface area contributed by atoms with Crippen LogP contribution in [-0.2, 0) is 9.53 Å². The van der Waals surface area contributed by atoms with Gasteiger partial charge in [0.25, 0.3) is 0 Å². The Hall–Kier alpha value is -0.610. The predicted octanol–water partition coefficient (Wildman–Crippen LogP) is 1.01. The summed E-state index contributed by atoms with van der Waals surface area (Å²) in [7, 11) is 0. The summed E-state index contributed by atoms with van der Waals surface area (Å²) in [6.07, 6.45) is 3.46. The summed E-state index contributed by atoms with van der Waals surface area (Å²) in [6, 6.07) is 0. The lowest BCUT2D eigenvalue weighted by Gasteiger charge is -2.36. The van der Waals surface area contributed by atoms with E-state index in [1.165, 1.54) is 0 Å². The van der Waals surface area contributed by atoms with E-state index in [-0.39, 0.29) is 0 Å². The average molecular weight is 240 g/mol. The maximum atomic E-state index is 11.9. The molecule has 1 amide bonds. The van der Waals surface area contributed by atoms with Crippen molar-refractivity contribution in [3.8, 4) is 0 Å². The average Bonchev–Trinajstić information content (AvgIpc) is 2.23. The first-order valence-corrected chi connectivity index (χ1v) is 6.79. The van der Waals surface area contributed by atoms with Gasteiger partial charge in [0, 0.05) is 32.6 Å². The van der Waals surface area contributed by atoms with E-state index in [0.717, 1.165) is 39.0 Å². The van der Waals surface area contributed by atoms with Crippen LogP contribution in [0.4, 0.5) is 0 Å². The van der Waals surface area contributed by atoms with Crippen LogP contribution in [0.15, 0.2) is 0 Å². The molecule has 98 valence electrons. The summed E-state index contributed by atoms with van der Waals surface area (Å²) in [6.45, 7) is 7.92. The lowest BCUT2D eigenvalue weighted by atomic mass is 10.0. The number of likely N-dealkylation sites (tertiary alicyclic amines) is 1. The van der Waals surface area contributed by atoms with Crippen LogP contribution in [-0.4, -0.2) is 49.2 Å². The molecule has 0 radical (unpaired) electrons. The van der Waals surface area contributed by atoms with Crippen molar-refractivity contribution in [3.05, 3.63) is 0 Å². The third-order valence-electron chi connectivity index (χ3n) is 3.51. The molecule has 4 heteroatoms. The van der Waals surface area contributed by atoms with Crippen LogP contribution in [0.25, 0.3) is 0 Å². The second-order valence-electron chi connectivity index (χ2n) is 5.59. The van der Waals surface area contributed by atoms with Crippen molar-refractivity contribution in [2.45, 2.75) is 45.3 Å². The van der Waals surface area contributed by atoms with Gasteiger partial charge in [0.2, 0.25) is 5.91 Å². The van der Waals surface area contributed by atoms with Gasteiger partial charge in [-0.15, -0.1) is 0 Å². The summed E-state index contributed by atoms with van der Waals surface area (Å²) >= 11 is 0. The molecule has 0 aromatic rings. The Kier molecular flexibility index (Phi) is 4.40. The molecule has 2 heterocycles. The van der Waals surface area contributed by atoms with Crippen LogP contribution >= 0.6 is 0 Å². The Morgan fingerprint density at radius 3 is 2.41 bits per heavy atom. The van der Waals surface area contributed by atoms with Gasteiger partial charge >= 0.3 is 0 Å². The molecule has 0 bridgehead atoms.